The van der Waals surface area contributed by atoms with Crippen LogP contribution in [0.3, 0.4) is 0 Å². The smallest absolute Gasteiger partial charge is 0.161 e. The molecule has 0 aromatic heterocycles. The van der Waals surface area contributed by atoms with Crippen LogP contribution in [0.5, 0.6) is 11.5 Å². The zero-order valence-electron chi connectivity index (χ0n) is 9.28. The summed E-state index contributed by atoms with van der Waals surface area (Å²) in [7, 11) is 0. The van der Waals surface area contributed by atoms with Crippen LogP contribution < -0.4 is 4.74 Å². The molecule has 94 valence electrons. The van der Waals surface area contributed by atoms with E-state index in [-0.39, 0.29) is 31.3 Å². The van der Waals surface area contributed by atoms with Crippen molar-refractivity contribution in [2.24, 2.45) is 0 Å². The number of hydrogen-bond donors (Lipinski definition) is 4. The molecule has 0 heterocycles. The van der Waals surface area contributed by atoms with Crippen molar-refractivity contribution in [1.29, 1.82) is 0 Å². The molecular formula is C12H16O5. The van der Waals surface area contributed by atoms with Gasteiger partial charge >= 0.3 is 0 Å². The number of hydrogen-bond acceptors (Lipinski definition) is 5. The minimum Gasteiger partial charge on any atom is -0.504 e. The second-order valence-corrected chi connectivity index (χ2v) is 3.45. The van der Waals surface area contributed by atoms with Crippen molar-refractivity contribution in [1.82, 2.24) is 0 Å². The summed E-state index contributed by atoms with van der Waals surface area (Å²) < 4.78 is 5.33. The molecule has 0 bridgehead atoms. The van der Waals surface area contributed by atoms with Gasteiger partial charge in [0.25, 0.3) is 0 Å². The van der Waals surface area contributed by atoms with Crippen molar-refractivity contribution in [2.45, 2.75) is 6.10 Å². The zero-order valence-corrected chi connectivity index (χ0v) is 9.28. The molecule has 0 saturated heterocycles. The normalized spacial score (nSPS) is 11.9. The Morgan fingerprint density at radius 1 is 1.18 bits per heavy atom. The fraction of sp³-hybridized carbons (Fsp3) is 0.333. The van der Waals surface area contributed by atoms with E-state index < -0.39 is 6.10 Å². The third kappa shape index (κ3) is 4.07. The molecule has 0 radical (unpaired) electrons. The molecule has 4 N–H and O–H groups in total. The standard InChI is InChI=1S/C12H16O5/c13-6-9(7-14)5-10(8-15)17-12-4-2-1-3-11(12)16/h1-5,10,13-16H,6-8H2. The van der Waals surface area contributed by atoms with Gasteiger partial charge < -0.3 is 25.2 Å². The molecular weight excluding hydrogens is 224 g/mol. The molecule has 0 fully saturated rings. The zero-order chi connectivity index (χ0) is 12.7. The Kier molecular flexibility index (Phi) is 5.48. The van der Waals surface area contributed by atoms with Gasteiger partial charge in [-0.25, -0.2) is 0 Å². The molecule has 1 aromatic rings. The minimum atomic E-state index is -0.724. The molecule has 0 aliphatic heterocycles. The molecule has 0 amide bonds. The molecule has 0 spiro atoms. The molecule has 1 atom stereocenters. The van der Waals surface area contributed by atoms with E-state index in [4.69, 9.17) is 20.1 Å². The number of para-hydroxylation sites is 2. The van der Waals surface area contributed by atoms with Gasteiger partial charge in [-0.2, -0.15) is 0 Å². The number of aliphatic hydroxyl groups is 3. The van der Waals surface area contributed by atoms with Crippen LogP contribution in [0.1, 0.15) is 0 Å². The predicted molar refractivity (Wildman–Crippen MR) is 61.9 cm³/mol. The largest absolute Gasteiger partial charge is 0.504 e. The Morgan fingerprint density at radius 2 is 1.82 bits per heavy atom. The van der Waals surface area contributed by atoms with Gasteiger partial charge in [-0.3, -0.25) is 0 Å². The topological polar surface area (TPSA) is 90.2 Å². The van der Waals surface area contributed by atoms with Crippen LogP contribution in [0.25, 0.3) is 0 Å². The maximum atomic E-state index is 9.48. The lowest BCUT2D eigenvalue weighted by molar-refractivity contribution is 0.144. The fourth-order valence-electron chi connectivity index (χ4n) is 1.26. The van der Waals surface area contributed by atoms with Crippen LogP contribution in [-0.4, -0.2) is 46.4 Å². The predicted octanol–water partition coefficient (Wildman–Crippen LogP) is 0.0429. The molecule has 5 heteroatoms. The van der Waals surface area contributed by atoms with Crippen LogP contribution in [0.15, 0.2) is 35.9 Å². The van der Waals surface area contributed by atoms with Crippen molar-refractivity contribution in [3.8, 4) is 11.5 Å². The molecule has 1 unspecified atom stereocenters. The fourth-order valence-corrected chi connectivity index (χ4v) is 1.26. The maximum Gasteiger partial charge on any atom is 0.161 e. The number of ether oxygens (including phenoxy) is 1. The quantitative estimate of drug-likeness (QED) is 0.527. The summed E-state index contributed by atoms with van der Waals surface area (Å²) in [6.07, 6.45) is 0.699. The summed E-state index contributed by atoms with van der Waals surface area (Å²) in [5, 5.41) is 36.3. The van der Waals surface area contributed by atoms with Crippen LogP contribution >= 0.6 is 0 Å². The van der Waals surface area contributed by atoms with Crippen LogP contribution in [0.2, 0.25) is 0 Å². The Balaban J connectivity index is 2.77. The second-order valence-electron chi connectivity index (χ2n) is 3.45. The first-order valence-corrected chi connectivity index (χ1v) is 5.18. The van der Waals surface area contributed by atoms with Gasteiger partial charge in [0.05, 0.1) is 19.8 Å². The highest BCUT2D eigenvalue weighted by molar-refractivity contribution is 5.38. The molecule has 1 aromatic carbocycles. The summed E-state index contributed by atoms with van der Waals surface area (Å²) >= 11 is 0. The highest BCUT2D eigenvalue weighted by Gasteiger charge is 2.10. The van der Waals surface area contributed by atoms with Gasteiger partial charge in [0.1, 0.15) is 6.10 Å². The van der Waals surface area contributed by atoms with Crippen molar-refractivity contribution in [3.05, 3.63) is 35.9 Å². The number of rotatable bonds is 6. The monoisotopic (exact) mass is 240 g/mol. The molecule has 0 aliphatic carbocycles. The number of aromatic hydroxyl groups is 1. The van der Waals surface area contributed by atoms with Crippen LogP contribution in [0.4, 0.5) is 0 Å². The van der Waals surface area contributed by atoms with E-state index in [1.165, 1.54) is 12.1 Å². The van der Waals surface area contributed by atoms with Gasteiger partial charge in [-0.05, 0) is 23.8 Å². The first-order valence-electron chi connectivity index (χ1n) is 5.18. The summed E-state index contributed by atoms with van der Waals surface area (Å²) in [6, 6.07) is 6.36. The maximum absolute atomic E-state index is 9.48. The third-order valence-corrected chi connectivity index (χ3v) is 2.15. The van der Waals surface area contributed by atoms with Crippen molar-refractivity contribution >= 4 is 0 Å². The SMILES string of the molecule is OCC(=CC(CO)Oc1ccccc1O)CO. The van der Waals surface area contributed by atoms with Gasteiger partial charge in [-0.1, -0.05) is 12.1 Å². The van der Waals surface area contributed by atoms with Crippen LogP contribution in [0, 0.1) is 0 Å². The average Bonchev–Trinajstić information content (AvgIpc) is 2.36. The highest BCUT2D eigenvalue weighted by atomic mass is 16.5. The van der Waals surface area contributed by atoms with E-state index in [1.54, 1.807) is 18.2 Å². The lowest BCUT2D eigenvalue weighted by Gasteiger charge is -2.15. The van der Waals surface area contributed by atoms with Crippen molar-refractivity contribution in [3.63, 3.8) is 0 Å². The Morgan fingerprint density at radius 3 is 2.35 bits per heavy atom. The number of phenols is 1. The van der Waals surface area contributed by atoms with E-state index in [2.05, 4.69) is 0 Å². The van der Waals surface area contributed by atoms with Crippen LogP contribution in [-0.2, 0) is 0 Å². The molecule has 0 saturated carbocycles. The summed E-state index contributed by atoms with van der Waals surface area (Å²) in [5.74, 6) is 0.201. The summed E-state index contributed by atoms with van der Waals surface area (Å²) in [6.45, 7) is -0.938. The number of aliphatic hydroxyl groups excluding tert-OH is 3. The number of phenolic OH excluding ortho intramolecular Hbond substituents is 1. The highest BCUT2D eigenvalue weighted by Crippen LogP contribution is 2.25. The second kappa shape index (κ2) is 6.90. The van der Waals surface area contributed by atoms with E-state index in [9.17, 15) is 5.11 Å². The lowest BCUT2D eigenvalue weighted by atomic mass is 10.2. The first kappa shape index (κ1) is 13.5. The Labute approximate surface area is 99.2 Å². The lowest BCUT2D eigenvalue weighted by Crippen LogP contribution is -2.20. The van der Waals surface area contributed by atoms with Gasteiger partial charge in [-0.15, -0.1) is 0 Å². The minimum absolute atomic E-state index is 0.0334. The van der Waals surface area contributed by atoms with Gasteiger partial charge in [0.15, 0.2) is 11.5 Å². The summed E-state index contributed by atoms with van der Waals surface area (Å²) in [5.41, 5.74) is 0.347. The Hall–Kier alpha value is -1.56. The molecule has 5 nitrogen and oxygen atoms in total. The van der Waals surface area contributed by atoms with Gasteiger partial charge in [0, 0.05) is 0 Å². The molecule has 17 heavy (non-hydrogen) atoms. The first-order chi connectivity index (χ1) is 8.21. The van der Waals surface area contributed by atoms with E-state index in [0.717, 1.165) is 0 Å². The van der Waals surface area contributed by atoms with Crippen molar-refractivity contribution < 1.29 is 25.2 Å². The van der Waals surface area contributed by atoms with E-state index in [0.29, 0.717) is 5.57 Å². The molecule has 0 aliphatic rings. The van der Waals surface area contributed by atoms with Crippen molar-refractivity contribution in [2.75, 3.05) is 19.8 Å². The third-order valence-electron chi connectivity index (χ3n) is 2.15. The summed E-state index contributed by atoms with van der Waals surface area (Å²) in [4.78, 5) is 0. The van der Waals surface area contributed by atoms with E-state index >= 15 is 0 Å². The number of benzene rings is 1. The molecule has 1 rings (SSSR count). The average molecular weight is 240 g/mol. The van der Waals surface area contributed by atoms with E-state index in [1.807, 2.05) is 0 Å². The Bertz CT molecular complexity index is 369. The van der Waals surface area contributed by atoms with Gasteiger partial charge in [0.2, 0.25) is 0 Å².